The van der Waals surface area contributed by atoms with Crippen molar-refractivity contribution in [2.75, 3.05) is 13.1 Å². The Kier molecular flexibility index (Phi) is 3.68. The van der Waals surface area contributed by atoms with Gasteiger partial charge in [-0.1, -0.05) is 24.3 Å². The first-order valence-corrected chi connectivity index (χ1v) is 7.46. The highest BCUT2D eigenvalue weighted by molar-refractivity contribution is 5.78. The predicted molar refractivity (Wildman–Crippen MR) is 79.3 cm³/mol. The number of likely N-dealkylation sites (tertiary alicyclic amines) is 1. The molecule has 5 nitrogen and oxygen atoms in total. The number of piperidine rings is 1. The highest BCUT2D eigenvalue weighted by atomic mass is 16.2. The molecule has 2 aliphatic rings. The molecule has 0 bridgehead atoms. The maximum Gasteiger partial charge on any atom is 0.223 e. The second-order valence-corrected chi connectivity index (χ2v) is 6.12. The van der Waals surface area contributed by atoms with Crippen LogP contribution in [0.2, 0.25) is 0 Å². The lowest BCUT2D eigenvalue weighted by Crippen LogP contribution is -2.71. The third-order valence-corrected chi connectivity index (χ3v) is 4.56. The first-order chi connectivity index (χ1) is 10.1. The summed E-state index contributed by atoms with van der Waals surface area (Å²) in [5.41, 5.74) is 7.24. The van der Waals surface area contributed by atoms with E-state index in [-0.39, 0.29) is 23.8 Å². The van der Waals surface area contributed by atoms with Crippen molar-refractivity contribution >= 4 is 11.8 Å². The molecule has 3 rings (SSSR count). The van der Waals surface area contributed by atoms with Gasteiger partial charge in [0.05, 0.1) is 12.0 Å². The van der Waals surface area contributed by atoms with Gasteiger partial charge in [-0.3, -0.25) is 9.59 Å². The van der Waals surface area contributed by atoms with Crippen molar-refractivity contribution in [2.24, 2.45) is 5.73 Å². The minimum absolute atomic E-state index is 0.0290. The molecule has 2 fully saturated rings. The molecule has 2 aliphatic heterocycles. The largest absolute Gasteiger partial charge is 0.369 e. The lowest BCUT2D eigenvalue weighted by atomic mass is 9.81. The average Bonchev–Trinajstić information content (AvgIpc) is 2.41. The molecule has 112 valence electrons. The van der Waals surface area contributed by atoms with Crippen LogP contribution in [-0.4, -0.2) is 35.3 Å². The van der Waals surface area contributed by atoms with Crippen molar-refractivity contribution in [3.05, 3.63) is 35.4 Å². The maximum absolute atomic E-state index is 12.3. The smallest absolute Gasteiger partial charge is 0.223 e. The van der Waals surface area contributed by atoms with Crippen LogP contribution in [-0.2, 0) is 22.6 Å². The van der Waals surface area contributed by atoms with E-state index in [9.17, 15) is 9.59 Å². The Bertz CT molecular complexity index is 549. The number of rotatable bonds is 4. The Morgan fingerprint density at radius 2 is 1.90 bits per heavy atom. The minimum atomic E-state index is -0.326. The lowest BCUT2D eigenvalue weighted by Gasteiger charge is -2.53. The summed E-state index contributed by atoms with van der Waals surface area (Å²) >= 11 is 0. The normalized spacial score (nSPS) is 20.4. The van der Waals surface area contributed by atoms with Crippen molar-refractivity contribution in [2.45, 2.75) is 37.8 Å². The van der Waals surface area contributed by atoms with Crippen LogP contribution in [0.4, 0.5) is 0 Å². The van der Waals surface area contributed by atoms with Gasteiger partial charge in [-0.2, -0.15) is 0 Å². The molecule has 5 heteroatoms. The number of nitrogens with two attached hydrogens (primary N) is 1. The molecule has 1 aromatic carbocycles. The van der Waals surface area contributed by atoms with Crippen molar-refractivity contribution in [3.8, 4) is 0 Å². The van der Waals surface area contributed by atoms with Gasteiger partial charge in [0, 0.05) is 26.1 Å². The van der Waals surface area contributed by atoms with Gasteiger partial charge in [-0.05, 0) is 24.0 Å². The van der Waals surface area contributed by atoms with Gasteiger partial charge in [0.2, 0.25) is 11.8 Å². The zero-order valence-electron chi connectivity index (χ0n) is 12.1. The second-order valence-electron chi connectivity index (χ2n) is 6.12. The molecule has 1 spiro atoms. The van der Waals surface area contributed by atoms with Crippen LogP contribution in [0, 0.1) is 0 Å². The van der Waals surface area contributed by atoms with Gasteiger partial charge in [-0.25, -0.2) is 0 Å². The third kappa shape index (κ3) is 2.78. The Morgan fingerprint density at radius 1 is 1.24 bits per heavy atom. The number of hydrogen-bond donors (Lipinski definition) is 2. The lowest BCUT2D eigenvalue weighted by molar-refractivity contribution is -0.146. The molecule has 0 saturated carbocycles. The van der Waals surface area contributed by atoms with E-state index in [1.54, 1.807) is 0 Å². The number of benzene rings is 1. The van der Waals surface area contributed by atoms with Crippen molar-refractivity contribution in [3.63, 3.8) is 0 Å². The fraction of sp³-hybridized carbons (Fsp3) is 0.500. The van der Waals surface area contributed by atoms with Crippen LogP contribution in [0.15, 0.2) is 24.3 Å². The SMILES string of the molecule is NC(=O)Cc1ccc(CN2C(=O)CCCC23CNC3)cc1. The van der Waals surface area contributed by atoms with Gasteiger partial charge in [0.15, 0.2) is 0 Å². The molecule has 3 N–H and O–H groups in total. The molecular formula is C16H21N3O2. The van der Waals surface area contributed by atoms with E-state index in [2.05, 4.69) is 5.32 Å². The summed E-state index contributed by atoms with van der Waals surface area (Å²) in [7, 11) is 0. The summed E-state index contributed by atoms with van der Waals surface area (Å²) < 4.78 is 0. The molecule has 0 atom stereocenters. The average molecular weight is 287 g/mol. The van der Waals surface area contributed by atoms with Gasteiger partial charge >= 0.3 is 0 Å². The first-order valence-electron chi connectivity index (χ1n) is 7.46. The van der Waals surface area contributed by atoms with Crippen LogP contribution >= 0.6 is 0 Å². The third-order valence-electron chi connectivity index (χ3n) is 4.56. The second kappa shape index (κ2) is 5.48. The maximum atomic E-state index is 12.3. The molecule has 2 amide bonds. The van der Waals surface area contributed by atoms with Gasteiger partial charge in [0.1, 0.15) is 0 Å². The first kappa shape index (κ1) is 14.1. The van der Waals surface area contributed by atoms with E-state index in [1.165, 1.54) is 0 Å². The van der Waals surface area contributed by atoms with Crippen LogP contribution in [0.1, 0.15) is 30.4 Å². The molecule has 2 heterocycles. The Hall–Kier alpha value is -1.88. The molecular weight excluding hydrogens is 266 g/mol. The summed E-state index contributed by atoms with van der Waals surface area (Å²) in [6.45, 7) is 2.45. The van der Waals surface area contributed by atoms with E-state index in [0.717, 1.165) is 37.1 Å². The summed E-state index contributed by atoms with van der Waals surface area (Å²) in [6, 6.07) is 7.81. The highest BCUT2D eigenvalue weighted by Gasteiger charge is 2.46. The molecule has 21 heavy (non-hydrogen) atoms. The molecule has 0 radical (unpaired) electrons. The van der Waals surface area contributed by atoms with Crippen molar-refractivity contribution < 1.29 is 9.59 Å². The quantitative estimate of drug-likeness (QED) is 0.850. The van der Waals surface area contributed by atoms with Crippen LogP contribution in [0.25, 0.3) is 0 Å². The summed E-state index contributed by atoms with van der Waals surface area (Å²) in [5.74, 6) is -0.0718. The van der Waals surface area contributed by atoms with E-state index < -0.39 is 0 Å². The van der Waals surface area contributed by atoms with Crippen LogP contribution in [0.5, 0.6) is 0 Å². The Morgan fingerprint density at radius 3 is 2.48 bits per heavy atom. The van der Waals surface area contributed by atoms with E-state index >= 15 is 0 Å². The van der Waals surface area contributed by atoms with Crippen LogP contribution in [0.3, 0.4) is 0 Å². The van der Waals surface area contributed by atoms with Gasteiger partial charge in [-0.15, -0.1) is 0 Å². The molecule has 0 aromatic heterocycles. The Labute approximate surface area is 124 Å². The number of nitrogens with zero attached hydrogens (tertiary/aromatic N) is 1. The topological polar surface area (TPSA) is 75.4 Å². The van der Waals surface area contributed by atoms with Crippen molar-refractivity contribution in [1.82, 2.24) is 10.2 Å². The molecule has 0 aliphatic carbocycles. The van der Waals surface area contributed by atoms with Gasteiger partial charge < -0.3 is 16.0 Å². The number of carbonyl (C=O) groups is 2. The standard InChI is InChI=1S/C16H21N3O2/c17-14(20)8-12-3-5-13(6-4-12)9-19-15(21)2-1-7-16(19)10-18-11-16/h3-6,18H,1-2,7-11H2,(H2,17,20). The summed E-state index contributed by atoms with van der Waals surface area (Å²) in [6.07, 6.45) is 3.00. The number of carbonyl (C=O) groups excluding carboxylic acids is 2. The number of amides is 2. The van der Waals surface area contributed by atoms with E-state index in [1.807, 2.05) is 29.2 Å². The monoisotopic (exact) mass is 287 g/mol. The zero-order chi connectivity index (χ0) is 14.9. The minimum Gasteiger partial charge on any atom is -0.369 e. The summed E-state index contributed by atoms with van der Waals surface area (Å²) in [5, 5.41) is 3.29. The van der Waals surface area contributed by atoms with Gasteiger partial charge in [0.25, 0.3) is 0 Å². The Balaban J connectivity index is 1.72. The number of hydrogen-bond acceptors (Lipinski definition) is 3. The molecule has 2 saturated heterocycles. The fourth-order valence-electron chi connectivity index (χ4n) is 3.29. The number of nitrogens with one attached hydrogen (secondary N) is 1. The molecule has 0 unspecified atom stereocenters. The number of primary amides is 1. The highest BCUT2D eigenvalue weighted by Crippen LogP contribution is 2.33. The predicted octanol–water partition coefficient (Wildman–Crippen LogP) is 0.569. The fourth-order valence-corrected chi connectivity index (χ4v) is 3.29. The zero-order valence-corrected chi connectivity index (χ0v) is 12.1. The van der Waals surface area contributed by atoms with Crippen molar-refractivity contribution in [1.29, 1.82) is 0 Å². The van der Waals surface area contributed by atoms with E-state index in [0.29, 0.717) is 13.0 Å². The summed E-state index contributed by atoms with van der Waals surface area (Å²) in [4.78, 5) is 25.2. The van der Waals surface area contributed by atoms with Crippen LogP contribution < -0.4 is 11.1 Å². The van der Waals surface area contributed by atoms with E-state index in [4.69, 9.17) is 5.73 Å². The molecule has 1 aromatic rings.